The second kappa shape index (κ2) is 22.7. The predicted octanol–water partition coefficient (Wildman–Crippen LogP) is 10.5. The van der Waals surface area contributed by atoms with Crippen molar-refractivity contribution in [1.29, 1.82) is 0 Å². The molecule has 0 aromatic heterocycles. The molecule has 0 aliphatic carbocycles. The van der Waals surface area contributed by atoms with Crippen LogP contribution in [0.5, 0.6) is 0 Å². The second-order valence-electron chi connectivity index (χ2n) is 10.3. The van der Waals surface area contributed by atoms with Gasteiger partial charge in [0.1, 0.15) is 0 Å². The standard InChI is InChI=1S/C29H58O2/c1-4-7-9-11-13-15-17-19-21-23-25-29(6-3,27-28(30)31)26-24-22-20-18-16-14-12-10-8-5-2/h4-27H2,1-3H3,(H,30,31). The highest BCUT2D eigenvalue weighted by Crippen LogP contribution is 2.38. The second-order valence-corrected chi connectivity index (χ2v) is 10.3. The molecule has 0 heterocycles. The molecule has 0 bridgehead atoms. The lowest BCUT2D eigenvalue weighted by molar-refractivity contribution is -0.140. The number of carboxylic acid groups (broad SMARTS) is 1. The summed E-state index contributed by atoms with van der Waals surface area (Å²) in [6, 6.07) is 0. The van der Waals surface area contributed by atoms with Gasteiger partial charge < -0.3 is 5.11 Å². The zero-order valence-corrected chi connectivity index (χ0v) is 21.8. The van der Waals surface area contributed by atoms with Crippen molar-refractivity contribution >= 4 is 5.97 Å². The third-order valence-corrected chi connectivity index (χ3v) is 7.40. The summed E-state index contributed by atoms with van der Waals surface area (Å²) in [5, 5.41) is 9.50. The van der Waals surface area contributed by atoms with Gasteiger partial charge in [0.05, 0.1) is 6.42 Å². The Balaban J connectivity index is 3.93. The van der Waals surface area contributed by atoms with E-state index in [1.54, 1.807) is 0 Å². The molecular weight excluding hydrogens is 380 g/mol. The van der Waals surface area contributed by atoms with Gasteiger partial charge in [-0.3, -0.25) is 4.79 Å². The summed E-state index contributed by atoms with van der Waals surface area (Å²) in [5.41, 5.74) is 0.0478. The van der Waals surface area contributed by atoms with Gasteiger partial charge in [0.25, 0.3) is 0 Å². The Morgan fingerprint density at radius 2 is 0.806 bits per heavy atom. The highest BCUT2D eigenvalue weighted by atomic mass is 16.4. The largest absolute Gasteiger partial charge is 0.481 e. The van der Waals surface area contributed by atoms with Gasteiger partial charge in [-0.25, -0.2) is 0 Å². The maximum Gasteiger partial charge on any atom is 0.303 e. The summed E-state index contributed by atoms with van der Waals surface area (Å²) in [5.74, 6) is -0.596. The first-order valence-corrected chi connectivity index (χ1v) is 14.3. The minimum Gasteiger partial charge on any atom is -0.481 e. The van der Waals surface area contributed by atoms with Crippen LogP contribution in [0, 0.1) is 5.41 Å². The van der Waals surface area contributed by atoms with E-state index in [1.807, 2.05) is 0 Å². The molecule has 0 fully saturated rings. The molecule has 2 nitrogen and oxygen atoms in total. The maximum absolute atomic E-state index is 11.5. The van der Waals surface area contributed by atoms with Crippen LogP contribution >= 0.6 is 0 Å². The summed E-state index contributed by atoms with van der Waals surface area (Å²) in [6.07, 6.45) is 30.7. The van der Waals surface area contributed by atoms with Crippen LogP contribution in [0.2, 0.25) is 0 Å². The van der Waals surface area contributed by atoms with Crippen molar-refractivity contribution in [2.75, 3.05) is 0 Å². The van der Waals surface area contributed by atoms with Gasteiger partial charge in [0.2, 0.25) is 0 Å². The van der Waals surface area contributed by atoms with E-state index >= 15 is 0 Å². The van der Waals surface area contributed by atoms with Crippen molar-refractivity contribution in [2.45, 2.75) is 175 Å². The molecule has 0 aliphatic rings. The summed E-state index contributed by atoms with van der Waals surface area (Å²) >= 11 is 0. The molecule has 0 amide bonds. The highest BCUT2D eigenvalue weighted by molar-refractivity contribution is 5.67. The van der Waals surface area contributed by atoms with Crippen molar-refractivity contribution in [2.24, 2.45) is 5.41 Å². The Morgan fingerprint density at radius 3 is 1.06 bits per heavy atom. The number of rotatable bonds is 25. The Morgan fingerprint density at radius 1 is 0.516 bits per heavy atom. The van der Waals surface area contributed by atoms with Crippen molar-refractivity contribution in [3.8, 4) is 0 Å². The molecule has 0 spiro atoms. The van der Waals surface area contributed by atoms with E-state index in [0.29, 0.717) is 6.42 Å². The molecule has 31 heavy (non-hydrogen) atoms. The van der Waals surface area contributed by atoms with Gasteiger partial charge in [-0.2, -0.15) is 0 Å². The normalized spacial score (nSPS) is 11.8. The molecule has 0 saturated carbocycles. The Hall–Kier alpha value is -0.530. The molecule has 0 aliphatic heterocycles. The fraction of sp³-hybridized carbons (Fsp3) is 0.966. The van der Waals surface area contributed by atoms with Gasteiger partial charge in [-0.15, -0.1) is 0 Å². The molecule has 0 atom stereocenters. The van der Waals surface area contributed by atoms with Crippen LogP contribution < -0.4 is 0 Å². The predicted molar refractivity (Wildman–Crippen MR) is 138 cm³/mol. The fourth-order valence-electron chi connectivity index (χ4n) is 5.08. The smallest absolute Gasteiger partial charge is 0.303 e. The lowest BCUT2D eigenvalue weighted by Crippen LogP contribution is -2.24. The van der Waals surface area contributed by atoms with Crippen molar-refractivity contribution in [3.05, 3.63) is 0 Å². The zero-order chi connectivity index (χ0) is 23.0. The molecule has 1 N–H and O–H groups in total. The third kappa shape index (κ3) is 19.9. The lowest BCUT2D eigenvalue weighted by Gasteiger charge is -2.32. The number of carboxylic acids is 1. The summed E-state index contributed by atoms with van der Waals surface area (Å²) in [7, 11) is 0. The van der Waals surface area contributed by atoms with E-state index in [9.17, 15) is 9.90 Å². The molecule has 0 aromatic rings. The van der Waals surface area contributed by atoms with Gasteiger partial charge in [0, 0.05) is 0 Å². The van der Waals surface area contributed by atoms with Gasteiger partial charge in [-0.05, 0) is 24.7 Å². The van der Waals surface area contributed by atoms with Crippen LogP contribution in [-0.4, -0.2) is 11.1 Å². The van der Waals surface area contributed by atoms with E-state index in [1.165, 1.54) is 128 Å². The molecule has 0 radical (unpaired) electrons. The first kappa shape index (κ1) is 30.5. The van der Waals surface area contributed by atoms with E-state index in [0.717, 1.165) is 19.3 Å². The van der Waals surface area contributed by atoms with Crippen molar-refractivity contribution in [3.63, 3.8) is 0 Å². The lowest BCUT2D eigenvalue weighted by atomic mass is 9.73. The molecule has 0 unspecified atom stereocenters. The van der Waals surface area contributed by atoms with Crippen LogP contribution in [0.3, 0.4) is 0 Å². The molecule has 0 saturated heterocycles. The number of carbonyl (C=O) groups is 1. The number of hydrogen-bond donors (Lipinski definition) is 1. The first-order chi connectivity index (χ1) is 15.1. The number of aliphatic carboxylic acids is 1. The van der Waals surface area contributed by atoms with Crippen LogP contribution in [-0.2, 0) is 4.79 Å². The van der Waals surface area contributed by atoms with E-state index < -0.39 is 5.97 Å². The molecule has 2 heteroatoms. The highest BCUT2D eigenvalue weighted by Gasteiger charge is 2.29. The van der Waals surface area contributed by atoms with Crippen LogP contribution in [0.25, 0.3) is 0 Å². The van der Waals surface area contributed by atoms with E-state index in [4.69, 9.17) is 0 Å². The summed E-state index contributed by atoms with van der Waals surface area (Å²) in [6.45, 7) is 6.77. The van der Waals surface area contributed by atoms with Crippen LogP contribution in [0.15, 0.2) is 0 Å². The van der Waals surface area contributed by atoms with Crippen LogP contribution in [0.1, 0.15) is 175 Å². The SMILES string of the molecule is CCCCCCCCCCCCC(CC)(CCCCCCCCCCCC)CC(=O)O. The average Bonchev–Trinajstić information content (AvgIpc) is 2.75. The zero-order valence-electron chi connectivity index (χ0n) is 21.8. The number of unbranched alkanes of at least 4 members (excludes halogenated alkanes) is 18. The quantitative estimate of drug-likeness (QED) is 0.144. The van der Waals surface area contributed by atoms with Crippen LogP contribution in [0.4, 0.5) is 0 Å². The first-order valence-electron chi connectivity index (χ1n) is 14.3. The van der Waals surface area contributed by atoms with E-state index in [2.05, 4.69) is 20.8 Å². The Labute approximate surface area is 196 Å². The summed E-state index contributed by atoms with van der Waals surface area (Å²) in [4.78, 5) is 11.5. The average molecular weight is 439 g/mol. The molecule has 0 rings (SSSR count). The fourth-order valence-corrected chi connectivity index (χ4v) is 5.08. The Bertz CT molecular complexity index is 353. The van der Waals surface area contributed by atoms with Crippen molar-refractivity contribution < 1.29 is 9.90 Å². The molecule has 0 aromatic carbocycles. The summed E-state index contributed by atoms with van der Waals surface area (Å²) < 4.78 is 0. The minimum atomic E-state index is -0.596. The number of hydrogen-bond acceptors (Lipinski definition) is 1. The molecule has 186 valence electrons. The van der Waals surface area contributed by atoms with Gasteiger partial charge in [0.15, 0.2) is 0 Å². The maximum atomic E-state index is 11.5. The van der Waals surface area contributed by atoms with E-state index in [-0.39, 0.29) is 5.41 Å². The molecular formula is C29H58O2. The van der Waals surface area contributed by atoms with Gasteiger partial charge >= 0.3 is 5.97 Å². The van der Waals surface area contributed by atoms with Crippen molar-refractivity contribution in [1.82, 2.24) is 0 Å². The monoisotopic (exact) mass is 438 g/mol. The Kier molecular flexibility index (Phi) is 22.3. The third-order valence-electron chi connectivity index (χ3n) is 7.40. The minimum absolute atomic E-state index is 0.0478. The van der Waals surface area contributed by atoms with Gasteiger partial charge in [-0.1, -0.05) is 149 Å². The topological polar surface area (TPSA) is 37.3 Å².